The summed E-state index contributed by atoms with van der Waals surface area (Å²) in [6, 6.07) is 0. The first-order valence-electron chi connectivity index (χ1n) is 3.12. The lowest BCUT2D eigenvalue weighted by Gasteiger charge is -1.91. The Morgan fingerprint density at radius 3 is 3.08 bits per heavy atom. The maximum absolute atomic E-state index is 11.0. The molecule has 0 spiro atoms. The van der Waals surface area contributed by atoms with E-state index in [0.29, 0.717) is 5.75 Å². The van der Waals surface area contributed by atoms with Crippen LogP contribution in [0.5, 0.6) is 5.88 Å². The van der Waals surface area contributed by atoms with Gasteiger partial charge in [-0.2, -0.15) is 12.6 Å². The topological polar surface area (TPSA) is 66.0 Å². The molecule has 0 fully saturated rings. The normalized spacial score (nSPS) is 8.75. The summed E-state index contributed by atoms with van der Waals surface area (Å²) >= 11 is 3.83. The zero-order chi connectivity index (χ0) is 8.97. The third-order valence-electron chi connectivity index (χ3n) is 1.13. The number of thiol groups is 1. The molecule has 0 bridgehead atoms. The number of aromatic hydroxyl groups is 1. The van der Waals surface area contributed by atoms with E-state index in [-0.39, 0.29) is 11.4 Å². The first-order chi connectivity index (χ1) is 5.75. The largest absolute Gasteiger partial charge is 0.492 e. The summed E-state index contributed by atoms with van der Waals surface area (Å²) in [5.74, 6) is 4.96. The van der Waals surface area contributed by atoms with Gasteiger partial charge in [-0.25, -0.2) is 4.98 Å². The fourth-order valence-corrected chi connectivity index (χ4v) is 0.710. The van der Waals surface area contributed by atoms with Crippen molar-refractivity contribution in [3.8, 4) is 17.7 Å². The minimum absolute atomic E-state index is 0.0217. The Bertz CT molecular complexity index is 388. The van der Waals surface area contributed by atoms with Crippen molar-refractivity contribution in [1.29, 1.82) is 0 Å². The van der Waals surface area contributed by atoms with E-state index >= 15 is 0 Å². The first-order valence-corrected chi connectivity index (χ1v) is 3.75. The Kier molecular flexibility index (Phi) is 2.77. The molecule has 4 nitrogen and oxygen atoms in total. The highest BCUT2D eigenvalue weighted by atomic mass is 32.1. The van der Waals surface area contributed by atoms with Crippen molar-refractivity contribution in [1.82, 2.24) is 9.97 Å². The summed E-state index contributed by atoms with van der Waals surface area (Å²) in [5, 5.41) is 9.06. The summed E-state index contributed by atoms with van der Waals surface area (Å²) in [6.07, 6.45) is 1.11. The van der Waals surface area contributed by atoms with Crippen LogP contribution in [0.4, 0.5) is 0 Å². The first kappa shape index (κ1) is 8.68. The molecule has 5 heteroatoms. The Labute approximate surface area is 74.1 Å². The minimum Gasteiger partial charge on any atom is -0.492 e. The number of H-pyrrole nitrogens is 1. The van der Waals surface area contributed by atoms with Crippen LogP contribution in [0.1, 0.15) is 5.56 Å². The molecule has 62 valence electrons. The minimum atomic E-state index is -0.447. The van der Waals surface area contributed by atoms with Crippen molar-refractivity contribution >= 4 is 12.6 Å². The lowest BCUT2D eigenvalue weighted by molar-refractivity contribution is 0.449. The highest BCUT2D eigenvalue weighted by Gasteiger charge is 2.01. The van der Waals surface area contributed by atoms with Crippen LogP contribution < -0.4 is 5.56 Å². The van der Waals surface area contributed by atoms with Crippen molar-refractivity contribution in [2.45, 2.75) is 0 Å². The maximum Gasteiger partial charge on any atom is 0.270 e. The number of aromatic nitrogens is 2. The quantitative estimate of drug-likeness (QED) is 0.383. The fraction of sp³-hybridized carbons (Fsp3) is 0.143. The van der Waals surface area contributed by atoms with Gasteiger partial charge in [0.05, 0.1) is 12.1 Å². The predicted octanol–water partition coefficient (Wildman–Crippen LogP) is -0.243. The molecule has 2 N–H and O–H groups in total. The molecule has 0 saturated carbocycles. The molecule has 1 aromatic rings. The highest BCUT2D eigenvalue weighted by Crippen LogP contribution is 2.02. The molecule has 0 radical (unpaired) electrons. The molecule has 0 unspecified atom stereocenters. The average molecular weight is 182 g/mol. The SMILES string of the molecule is O=c1[nH]cnc(O)c1C#CCS. The highest BCUT2D eigenvalue weighted by molar-refractivity contribution is 7.80. The maximum atomic E-state index is 11.0. The smallest absolute Gasteiger partial charge is 0.270 e. The summed E-state index contributed by atoms with van der Waals surface area (Å²) in [7, 11) is 0. The molecular weight excluding hydrogens is 176 g/mol. The molecule has 0 atom stereocenters. The van der Waals surface area contributed by atoms with Crippen LogP contribution in [0.15, 0.2) is 11.1 Å². The Morgan fingerprint density at radius 1 is 1.75 bits per heavy atom. The molecule has 0 aliphatic rings. The van der Waals surface area contributed by atoms with Crippen LogP contribution in [0.2, 0.25) is 0 Å². The fourth-order valence-electron chi connectivity index (χ4n) is 0.631. The number of nitrogens with zero attached hydrogens (tertiary/aromatic N) is 1. The van der Waals surface area contributed by atoms with Crippen molar-refractivity contribution in [2.24, 2.45) is 0 Å². The zero-order valence-corrected chi connectivity index (χ0v) is 6.93. The van der Waals surface area contributed by atoms with Crippen molar-refractivity contribution < 1.29 is 5.11 Å². The van der Waals surface area contributed by atoms with E-state index in [9.17, 15) is 4.79 Å². The van der Waals surface area contributed by atoms with E-state index < -0.39 is 5.56 Å². The van der Waals surface area contributed by atoms with Gasteiger partial charge >= 0.3 is 0 Å². The predicted molar refractivity (Wildman–Crippen MR) is 47.3 cm³/mol. The molecule has 1 aromatic heterocycles. The number of nitrogens with one attached hydrogen (secondary N) is 1. The van der Waals surface area contributed by atoms with Crippen LogP contribution in [-0.2, 0) is 0 Å². The molecule has 1 rings (SSSR count). The summed E-state index contributed by atoms with van der Waals surface area (Å²) in [5.41, 5.74) is -0.469. The standard InChI is InChI=1S/C7H6N2O2S/c10-6-5(2-1-3-12)7(11)9-4-8-6/h4,12H,3H2,(H2,8,9,10,11). The van der Waals surface area contributed by atoms with Gasteiger partial charge in [-0.3, -0.25) is 4.79 Å². The lowest BCUT2D eigenvalue weighted by Crippen LogP contribution is -2.09. The number of rotatable bonds is 0. The molecular formula is C7H6N2O2S. The van der Waals surface area contributed by atoms with Crippen LogP contribution in [0, 0.1) is 11.8 Å². The second-order valence-electron chi connectivity index (χ2n) is 1.89. The molecule has 0 aromatic carbocycles. The summed E-state index contributed by atoms with van der Waals surface area (Å²) < 4.78 is 0. The van der Waals surface area contributed by atoms with E-state index in [4.69, 9.17) is 5.11 Å². The van der Waals surface area contributed by atoms with Gasteiger partial charge < -0.3 is 10.1 Å². The number of hydrogen-bond donors (Lipinski definition) is 3. The van der Waals surface area contributed by atoms with E-state index in [1.165, 1.54) is 0 Å². The Morgan fingerprint density at radius 2 is 2.50 bits per heavy atom. The van der Waals surface area contributed by atoms with Gasteiger partial charge in [-0.15, -0.1) is 0 Å². The third kappa shape index (κ3) is 1.80. The van der Waals surface area contributed by atoms with Crippen LogP contribution in [0.3, 0.4) is 0 Å². The van der Waals surface area contributed by atoms with Gasteiger partial charge in [0, 0.05) is 0 Å². The van der Waals surface area contributed by atoms with Gasteiger partial charge in [0.1, 0.15) is 0 Å². The van der Waals surface area contributed by atoms with Crippen LogP contribution in [0.25, 0.3) is 0 Å². The zero-order valence-electron chi connectivity index (χ0n) is 6.03. The van der Waals surface area contributed by atoms with E-state index in [0.717, 1.165) is 6.33 Å². The molecule has 0 saturated heterocycles. The van der Waals surface area contributed by atoms with E-state index in [1.807, 2.05) is 0 Å². The van der Waals surface area contributed by atoms with Crippen LogP contribution in [-0.4, -0.2) is 20.8 Å². The van der Waals surface area contributed by atoms with Gasteiger partial charge in [0.25, 0.3) is 5.56 Å². The number of hydrogen-bond acceptors (Lipinski definition) is 4. The van der Waals surface area contributed by atoms with Crippen molar-refractivity contribution in [2.75, 3.05) is 5.75 Å². The van der Waals surface area contributed by atoms with Crippen molar-refractivity contribution in [3.63, 3.8) is 0 Å². The molecule has 0 amide bonds. The second-order valence-corrected chi connectivity index (χ2v) is 2.21. The van der Waals surface area contributed by atoms with Gasteiger partial charge in [0.2, 0.25) is 5.88 Å². The molecule has 12 heavy (non-hydrogen) atoms. The molecule has 0 aliphatic heterocycles. The van der Waals surface area contributed by atoms with E-state index in [2.05, 4.69) is 34.4 Å². The van der Waals surface area contributed by atoms with Gasteiger partial charge in [0.15, 0.2) is 5.56 Å². The average Bonchev–Trinajstić information content (AvgIpc) is 2.04. The Hall–Kier alpha value is -1.41. The Balaban J connectivity index is 3.22. The lowest BCUT2D eigenvalue weighted by atomic mass is 10.3. The number of aromatic amines is 1. The van der Waals surface area contributed by atoms with E-state index in [1.54, 1.807) is 0 Å². The second kappa shape index (κ2) is 3.83. The van der Waals surface area contributed by atoms with Gasteiger partial charge in [-0.1, -0.05) is 11.8 Å². The third-order valence-corrected chi connectivity index (χ3v) is 1.28. The van der Waals surface area contributed by atoms with Crippen molar-refractivity contribution in [3.05, 3.63) is 22.2 Å². The molecule has 0 aliphatic carbocycles. The monoisotopic (exact) mass is 182 g/mol. The summed E-state index contributed by atoms with van der Waals surface area (Å²) in [6.45, 7) is 0. The summed E-state index contributed by atoms with van der Waals surface area (Å²) in [4.78, 5) is 16.7. The van der Waals surface area contributed by atoms with Gasteiger partial charge in [-0.05, 0) is 0 Å². The van der Waals surface area contributed by atoms with Crippen LogP contribution >= 0.6 is 12.6 Å². The molecule has 1 heterocycles.